The van der Waals surface area contributed by atoms with E-state index in [0.29, 0.717) is 18.0 Å². The zero-order valence-electron chi connectivity index (χ0n) is 16.7. The normalized spacial score (nSPS) is 11.0. The Kier molecular flexibility index (Phi) is 6.61. The van der Waals surface area contributed by atoms with Gasteiger partial charge >= 0.3 is 0 Å². The van der Waals surface area contributed by atoms with Crippen LogP contribution in [-0.2, 0) is 9.59 Å². The molecule has 0 aliphatic rings. The van der Waals surface area contributed by atoms with Crippen LogP contribution in [-0.4, -0.2) is 18.4 Å². The molecule has 27 heavy (non-hydrogen) atoms. The summed E-state index contributed by atoms with van der Waals surface area (Å²) in [5.74, 6) is 0.585. The number of benzene rings is 2. The van der Waals surface area contributed by atoms with Crippen LogP contribution in [0.4, 0.5) is 11.4 Å². The number of amides is 2. The van der Waals surface area contributed by atoms with Gasteiger partial charge in [-0.3, -0.25) is 9.59 Å². The molecular formula is C22H28N2O3. The van der Waals surface area contributed by atoms with Gasteiger partial charge in [0.15, 0.2) is 0 Å². The zero-order chi connectivity index (χ0) is 20.0. The molecule has 5 heteroatoms. The number of anilines is 2. The monoisotopic (exact) mass is 368 g/mol. The largest absolute Gasteiger partial charge is 0.493 e. The van der Waals surface area contributed by atoms with E-state index in [1.165, 1.54) is 0 Å². The van der Waals surface area contributed by atoms with Crippen LogP contribution in [0.1, 0.15) is 38.3 Å². The predicted molar refractivity (Wildman–Crippen MR) is 109 cm³/mol. The van der Waals surface area contributed by atoms with Crippen LogP contribution in [0.5, 0.6) is 5.75 Å². The van der Waals surface area contributed by atoms with Gasteiger partial charge < -0.3 is 15.4 Å². The van der Waals surface area contributed by atoms with Gasteiger partial charge in [0.25, 0.3) is 0 Å². The molecule has 0 unspecified atom stereocenters. The maximum absolute atomic E-state index is 12.2. The van der Waals surface area contributed by atoms with Crippen molar-refractivity contribution in [1.82, 2.24) is 0 Å². The number of carbonyl (C=O) groups is 2. The molecule has 2 aromatic carbocycles. The van der Waals surface area contributed by atoms with Gasteiger partial charge in [0.1, 0.15) is 5.75 Å². The van der Waals surface area contributed by atoms with Crippen LogP contribution in [0.2, 0.25) is 0 Å². The van der Waals surface area contributed by atoms with Gasteiger partial charge in [0.2, 0.25) is 11.8 Å². The van der Waals surface area contributed by atoms with Crippen LogP contribution in [0.25, 0.3) is 0 Å². The summed E-state index contributed by atoms with van der Waals surface area (Å²) < 4.78 is 5.72. The summed E-state index contributed by atoms with van der Waals surface area (Å²) in [7, 11) is 0. The fraction of sp³-hybridized carbons (Fsp3) is 0.364. The fourth-order valence-corrected chi connectivity index (χ4v) is 2.33. The van der Waals surface area contributed by atoms with Gasteiger partial charge in [-0.25, -0.2) is 0 Å². The maximum atomic E-state index is 12.2. The van der Waals surface area contributed by atoms with Crippen molar-refractivity contribution < 1.29 is 14.3 Å². The lowest BCUT2D eigenvalue weighted by Crippen LogP contribution is -2.27. The Hall–Kier alpha value is -2.82. The van der Waals surface area contributed by atoms with Gasteiger partial charge in [-0.05, 0) is 49.2 Å². The SMILES string of the molecule is Cc1ccc(C)c(OCCC(=O)Nc2cccc(NC(=O)C(C)(C)C)c2)c1. The summed E-state index contributed by atoms with van der Waals surface area (Å²) in [5, 5.41) is 5.69. The molecule has 0 radical (unpaired) electrons. The third-order valence-electron chi connectivity index (χ3n) is 4.02. The first-order valence-corrected chi connectivity index (χ1v) is 9.06. The van der Waals surface area contributed by atoms with E-state index in [9.17, 15) is 9.59 Å². The van der Waals surface area contributed by atoms with Crippen LogP contribution in [0, 0.1) is 19.3 Å². The van der Waals surface area contributed by atoms with Crippen molar-refractivity contribution in [3.63, 3.8) is 0 Å². The van der Waals surface area contributed by atoms with Crippen molar-refractivity contribution in [1.29, 1.82) is 0 Å². The number of rotatable bonds is 6. The molecule has 0 atom stereocenters. The number of carbonyl (C=O) groups excluding carboxylic acids is 2. The average Bonchev–Trinajstić information content (AvgIpc) is 2.57. The Labute approximate surface area is 161 Å². The third-order valence-corrected chi connectivity index (χ3v) is 4.02. The third kappa shape index (κ3) is 6.44. The van der Waals surface area contributed by atoms with Crippen molar-refractivity contribution in [3.05, 3.63) is 53.6 Å². The molecule has 0 aromatic heterocycles. The smallest absolute Gasteiger partial charge is 0.229 e. The van der Waals surface area contributed by atoms with E-state index < -0.39 is 5.41 Å². The molecule has 0 saturated heterocycles. The predicted octanol–water partition coefficient (Wildman–Crippen LogP) is 4.70. The molecule has 0 fully saturated rings. The number of hydrogen-bond donors (Lipinski definition) is 2. The van der Waals surface area contributed by atoms with E-state index in [0.717, 1.165) is 16.9 Å². The second kappa shape index (κ2) is 8.71. The fourth-order valence-electron chi connectivity index (χ4n) is 2.33. The molecule has 0 spiro atoms. The molecule has 0 heterocycles. The molecule has 2 rings (SSSR count). The molecule has 144 valence electrons. The Morgan fingerprint density at radius 1 is 0.963 bits per heavy atom. The van der Waals surface area contributed by atoms with Crippen LogP contribution >= 0.6 is 0 Å². The highest BCUT2D eigenvalue weighted by Gasteiger charge is 2.21. The van der Waals surface area contributed by atoms with Crippen molar-refractivity contribution in [2.45, 2.75) is 41.0 Å². The Bertz CT molecular complexity index is 823. The minimum absolute atomic E-state index is 0.0760. The molecule has 2 aromatic rings. The second-order valence-corrected chi connectivity index (χ2v) is 7.70. The molecule has 2 N–H and O–H groups in total. The highest BCUT2D eigenvalue weighted by molar-refractivity contribution is 5.96. The van der Waals surface area contributed by atoms with E-state index in [2.05, 4.69) is 10.6 Å². The standard InChI is InChI=1S/C22H28N2O3/c1-15-9-10-16(2)19(13-15)27-12-11-20(25)23-17-7-6-8-18(14-17)24-21(26)22(3,4)5/h6-10,13-14H,11-12H2,1-5H3,(H,23,25)(H,24,26). The first-order chi connectivity index (χ1) is 12.6. The highest BCUT2D eigenvalue weighted by atomic mass is 16.5. The number of aryl methyl sites for hydroxylation is 2. The van der Waals surface area contributed by atoms with Crippen LogP contribution in [0.3, 0.4) is 0 Å². The summed E-state index contributed by atoms with van der Waals surface area (Å²) in [6, 6.07) is 13.1. The minimum atomic E-state index is -0.482. The summed E-state index contributed by atoms with van der Waals surface area (Å²) in [6.07, 6.45) is 0.242. The van der Waals surface area contributed by atoms with E-state index in [1.807, 2.05) is 52.8 Å². The molecule has 0 aliphatic carbocycles. The number of ether oxygens (including phenoxy) is 1. The highest BCUT2D eigenvalue weighted by Crippen LogP contribution is 2.21. The second-order valence-electron chi connectivity index (χ2n) is 7.70. The molecule has 0 bridgehead atoms. The van der Waals surface area contributed by atoms with Gasteiger partial charge in [-0.1, -0.05) is 39.0 Å². The van der Waals surface area contributed by atoms with E-state index in [4.69, 9.17) is 4.74 Å². The summed E-state index contributed by atoms with van der Waals surface area (Å²) in [6.45, 7) is 9.84. The number of hydrogen-bond acceptors (Lipinski definition) is 3. The van der Waals surface area contributed by atoms with Gasteiger partial charge in [0.05, 0.1) is 13.0 Å². The van der Waals surface area contributed by atoms with E-state index in [-0.39, 0.29) is 18.2 Å². The summed E-state index contributed by atoms with van der Waals surface area (Å²) in [4.78, 5) is 24.2. The van der Waals surface area contributed by atoms with Crippen LogP contribution in [0.15, 0.2) is 42.5 Å². The zero-order valence-corrected chi connectivity index (χ0v) is 16.7. The average molecular weight is 368 g/mol. The minimum Gasteiger partial charge on any atom is -0.493 e. The first-order valence-electron chi connectivity index (χ1n) is 9.06. The van der Waals surface area contributed by atoms with Gasteiger partial charge in [-0.15, -0.1) is 0 Å². The quantitative estimate of drug-likeness (QED) is 0.777. The van der Waals surface area contributed by atoms with Crippen molar-refractivity contribution in [2.24, 2.45) is 5.41 Å². The maximum Gasteiger partial charge on any atom is 0.229 e. The molecule has 2 amide bonds. The van der Waals surface area contributed by atoms with E-state index in [1.54, 1.807) is 24.3 Å². The molecular weight excluding hydrogens is 340 g/mol. The first kappa shape index (κ1) is 20.5. The molecule has 5 nitrogen and oxygen atoms in total. The molecule has 0 aliphatic heterocycles. The van der Waals surface area contributed by atoms with Crippen molar-refractivity contribution in [2.75, 3.05) is 17.2 Å². The summed E-state index contributed by atoms with van der Waals surface area (Å²) in [5.41, 5.74) is 2.97. The lowest BCUT2D eigenvalue weighted by Gasteiger charge is -2.18. The Morgan fingerprint density at radius 2 is 1.63 bits per heavy atom. The topological polar surface area (TPSA) is 67.4 Å². The Balaban J connectivity index is 1.87. The lowest BCUT2D eigenvalue weighted by molar-refractivity contribution is -0.123. The van der Waals surface area contributed by atoms with Gasteiger partial charge in [-0.2, -0.15) is 0 Å². The Morgan fingerprint density at radius 3 is 2.30 bits per heavy atom. The van der Waals surface area contributed by atoms with Crippen molar-refractivity contribution >= 4 is 23.2 Å². The summed E-state index contributed by atoms with van der Waals surface area (Å²) >= 11 is 0. The molecule has 0 saturated carbocycles. The lowest BCUT2D eigenvalue weighted by atomic mass is 9.95. The van der Waals surface area contributed by atoms with E-state index >= 15 is 0 Å². The van der Waals surface area contributed by atoms with Crippen LogP contribution < -0.4 is 15.4 Å². The number of nitrogens with one attached hydrogen (secondary N) is 2. The van der Waals surface area contributed by atoms with Crippen molar-refractivity contribution in [3.8, 4) is 5.75 Å². The van der Waals surface area contributed by atoms with Gasteiger partial charge in [0, 0.05) is 16.8 Å².